The summed E-state index contributed by atoms with van der Waals surface area (Å²) in [6.45, 7) is 2.68. The number of carbonyl (C=O) groups is 1. The standard InChI is InChI=1S/C14H18F4N2O/c1-2-6-20-13(21)5-7-19-9-10-3-4-11(15)8-12(10)14(16,17)18/h3-4,8,19H,2,5-7,9H2,1H3,(H,20,21). The first-order valence-corrected chi connectivity index (χ1v) is 6.67. The van der Waals surface area contributed by atoms with Crippen molar-refractivity contribution in [1.82, 2.24) is 10.6 Å². The van der Waals surface area contributed by atoms with Gasteiger partial charge in [0.1, 0.15) is 5.82 Å². The van der Waals surface area contributed by atoms with E-state index in [9.17, 15) is 22.4 Å². The Morgan fingerprint density at radius 3 is 2.57 bits per heavy atom. The maximum absolute atomic E-state index is 12.9. The van der Waals surface area contributed by atoms with Crippen LogP contribution in [0.4, 0.5) is 17.6 Å². The van der Waals surface area contributed by atoms with E-state index in [1.54, 1.807) is 0 Å². The Hall–Kier alpha value is -1.63. The van der Waals surface area contributed by atoms with Gasteiger partial charge in [-0.05, 0) is 24.1 Å². The largest absolute Gasteiger partial charge is 0.416 e. The van der Waals surface area contributed by atoms with E-state index in [2.05, 4.69) is 10.6 Å². The molecule has 1 aromatic carbocycles. The number of rotatable bonds is 7. The minimum absolute atomic E-state index is 0.0436. The average molecular weight is 306 g/mol. The number of alkyl halides is 3. The van der Waals surface area contributed by atoms with Crippen LogP contribution in [0.2, 0.25) is 0 Å². The van der Waals surface area contributed by atoms with Crippen LogP contribution in [0.25, 0.3) is 0 Å². The van der Waals surface area contributed by atoms with Gasteiger partial charge in [0.05, 0.1) is 5.56 Å². The molecule has 0 saturated carbocycles. The Labute approximate surface area is 120 Å². The van der Waals surface area contributed by atoms with Crippen molar-refractivity contribution in [2.75, 3.05) is 13.1 Å². The lowest BCUT2D eigenvalue weighted by atomic mass is 10.1. The summed E-state index contributed by atoms with van der Waals surface area (Å²) in [5.41, 5.74) is -1.04. The van der Waals surface area contributed by atoms with E-state index in [1.165, 1.54) is 0 Å². The second-order valence-electron chi connectivity index (χ2n) is 4.58. The molecule has 1 aromatic rings. The summed E-state index contributed by atoms with van der Waals surface area (Å²) in [5, 5.41) is 5.42. The quantitative estimate of drug-likeness (QED) is 0.601. The number of hydrogen-bond donors (Lipinski definition) is 2. The van der Waals surface area contributed by atoms with Crippen molar-refractivity contribution >= 4 is 5.91 Å². The number of halogens is 4. The Morgan fingerprint density at radius 2 is 1.95 bits per heavy atom. The highest BCUT2D eigenvalue weighted by atomic mass is 19.4. The molecule has 0 unspecified atom stereocenters. The molecule has 21 heavy (non-hydrogen) atoms. The summed E-state index contributed by atoms with van der Waals surface area (Å²) in [6.07, 6.45) is -3.59. The van der Waals surface area contributed by atoms with E-state index in [4.69, 9.17) is 0 Å². The number of hydrogen-bond acceptors (Lipinski definition) is 2. The Balaban J connectivity index is 2.51. The van der Waals surface area contributed by atoms with Gasteiger partial charge in [0, 0.05) is 26.1 Å². The van der Waals surface area contributed by atoms with Gasteiger partial charge in [0.25, 0.3) is 0 Å². The van der Waals surface area contributed by atoms with Crippen LogP contribution in [0, 0.1) is 5.82 Å². The maximum Gasteiger partial charge on any atom is 0.416 e. The molecule has 0 radical (unpaired) electrons. The molecule has 0 atom stereocenters. The number of benzene rings is 1. The summed E-state index contributed by atoms with van der Waals surface area (Å²) < 4.78 is 51.2. The first-order valence-electron chi connectivity index (χ1n) is 6.67. The summed E-state index contributed by atoms with van der Waals surface area (Å²) in [7, 11) is 0. The Morgan fingerprint density at radius 1 is 1.24 bits per heavy atom. The first-order chi connectivity index (χ1) is 9.84. The van der Waals surface area contributed by atoms with Crippen LogP contribution in [-0.4, -0.2) is 19.0 Å². The summed E-state index contributed by atoms with van der Waals surface area (Å²) in [6, 6.07) is 2.56. The highest BCUT2D eigenvalue weighted by Crippen LogP contribution is 2.32. The molecule has 1 rings (SSSR count). The lowest BCUT2D eigenvalue weighted by Gasteiger charge is -2.13. The van der Waals surface area contributed by atoms with Gasteiger partial charge in [-0.2, -0.15) is 13.2 Å². The zero-order valence-corrected chi connectivity index (χ0v) is 11.7. The molecule has 0 aliphatic rings. The van der Waals surface area contributed by atoms with Gasteiger partial charge in [0.2, 0.25) is 5.91 Å². The fraction of sp³-hybridized carbons (Fsp3) is 0.500. The maximum atomic E-state index is 12.9. The van der Waals surface area contributed by atoms with Gasteiger partial charge >= 0.3 is 6.18 Å². The third-order valence-electron chi connectivity index (χ3n) is 2.79. The van der Waals surface area contributed by atoms with E-state index in [1.807, 2.05) is 6.92 Å². The van der Waals surface area contributed by atoms with Gasteiger partial charge < -0.3 is 10.6 Å². The van der Waals surface area contributed by atoms with Crippen LogP contribution >= 0.6 is 0 Å². The second-order valence-corrected chi connectivity index (χ2v) is 4.58. The van der Waals surface area contributed by atoms with Crippen LogP contribution in [0.1, 0.15) is 30.9 Å². The van der Waals surface area contributed by atoms with Crippen molar-refractivity contribution in [2.45, 2.75) is 32.5 Å². The highest BCUT2D eigenvalue weighted by molar-refractivity contribution is 5.75. The molecule has 0 aliphatic carbocycles. The van der Waals surface area contributed by atoms with Gasteiger partial charge in [-0.1, -0.05) is 13.0 Å². The van der Waals surface area contributed by atoms with E-state index < -0.39 is 17.6 Å². The molecule has 1 amide bonds. The van der Waals surface area contributed by atoms with Gasteiger partial charge in [-0.3, -0.25) is 4.79 Å². The molecule has 0 aromatic heterocycles. The monoisotopic (exact) mass is 306 g/mol. The molecule has 0 spiro atoms. The number of nitrogens with one attached hydrogen (secondary N) is 2. The van der Waals surface area contributed by atoms with E-state index in [0.29, 0.717) is 12.6 Å². The van der Waals surface area contributed by atoms with E-state index >= 15 is 0 Å². The van der Waals surface area contributed by atoms with Crippen LogP contribution in [-0.2, 0) is 17.5 Å². The van der Waals surface area contributed by atoms with Crippen molar-refractivity contribution in [2.24, 2.45) is 0 Å². The minimum atomic E-state index is -4.60. The predicted octanol–water partition coefficient (Wildman–Crippen LogP) is 2.85. The van der Waals surface area contributed by atoms with Gasteiger partial charge in [0.15, 0.2) is 0 Å². The summed E-state index contributed by atoms with van der Waals surface area (Å²) in [5.74, 6) is -1.08. The molecule has 0 aliphatic heterocycles. The number of amides is 1. The van der Waals surface area contributed by atoms with E-state index in [-0.39, 0.29) is 31.0 Å². The molecular weight excluding hydrogens is 288 g/mol. The zero-order chi connectivity index (χ0) is 15.9. The molecule has 2 N–H and O–H groups in total. The highest BCUT2D eigenvalue weighted by Gasteiger charge is 2.33. The molecule has 0 saturated heterocycles. The predicted molar refractivity (Wildman–Crippen MR) is 71.0 cm³/mol. The Bertz CT molecular complexity index is 475. The summed E-state index contributed by atoms with van der Waals surface area (Å²) in [4.78, 5) is 11.3. The zero-order valence-electron chi connectivity index (χ0n) is 11.7. The van der Waals surface area contributed by atoms with Crippen LogP contribution in [0.5, 0.6) is 0 Å². The average Bonchev–Trinajstić information content (AvgIpc) is 2.41. The van der Waals surface area contributed by atoms with Crippen LogP contribution < -0.4 is 10.6 Å². The molecule has 0 fully saturated rings. The lowest BCUT2D eigenvalue weighted by Crippen LogP contribution is -2.28. The SMILES string of the molecule is CCCNC(=O)CCNCc1ccc(F)cc1C(F)(F)F. The Kier molecular flexibility index (Phi) is 6.61. The topological polar surface area (TPSA) is 41.1 Å². The van der Waals surface area contributed by atoms with Crippen LogP contribution in [0.3, 0.4) is 0 Å². The minimum Gasteiger partial charge on any atom is -0.356 e. The lowest BCUT2D eigenvalue weighted by molar-refractivity contribution is -0.138. The van der Waals surface area contributed by atoms with Crippen molar-refractivity contribution in [3.05, 3.63) is 35.1 Å². The van der Waals surface area contributed by atoms with Crippen molar-refractivity contribution in [3.8, 4) is 0 Å². The molecule has 0 bridgehead atoms. The normalized spacial score (nSPS) is 11.5. The van der Waals surface area contributed by atoms with Crippen molar-refractivity contribution < 1.29 is 22.4 Å². The van der Waals surface area contributed by atoms with Crippen LogP contribution in [0.15, 0.2) is 18.2 Å². The van der Waals surface area contributed by atoms with E-state index in [0.717, 1.165) is 18.6 Å². The number of carbonyl (C=O) groups excluding carboxylic acids is 1. The fourth-order valence-corrected chi connectivity index (χ4v) is 1.74. The molecule has 3 nitrogen and oxygen atoms in total. The molecular formula is C14H18F4N2O. The molecule has 7 heteroatoms. The third-order valence-corrected chi connectivity index (χ3v) is 2.79. The smallest absolute Gasteiger partial charge is 0.356 e. The first kappa shape index (κ1) is 17.4. The van der Waals surface area contributed by atoms with Crippen molar-refractivity contribution in [1.29, 1.82) is 0 Å². The second kappa shape index (κ2) is 7.97. The molecule has 0 heterocycles. The summed E-state index contributed by atoms with van der Waals surface area (Å²) >= 11 is 0. The molecule has 118 valence electrons. The fourth-order valence-electron chi connectivity index (χ4n) is 1.74. The van der Waals surface area contributed by atoms with Gasteiger partial charge in [-0.15, -0.1) is 0 Å². The van der Waals surface area contributed by atoms with Gasteiger partial charge in [-0.25, -0.2) is 4.39 Å². The van der Waals surface area contributed by atoms with Crippen molar-refractivity contribution in [3.63, 3.8) is 0 Å². The third kappa shape index (κ3) is 6.12.